The third kappa shape index (κ3) is 4.79. The summed E-state index contributed by atoms with van der Waals surface area (Å²) in [6, 6.07) is 4.90. The van der Waals surface area contributed by atoms with Crippen molar-refractivity contribution in [1.29, 1.82) is 0 Å². The number of rotatable bonds is 8. The Morgan fingerprint density at radius 3 is 2.85 bits per heavy atom. The van der Waals surface area contributed by atoms with Crippen molar-refractivity contribution in [2.75, 3.05) is 45.8 Å². The molecule has 0 aliphatic rings. The van der Waals surface area contributed by atoms with Crippen molar-refractivity contribution in [1.82, 2.24) is 10.6 Å². The minimum Gasteiger partial charge on any atom is -0.383 e. The summed E-state index contributed by atoms with van der Waals surface area (Å²) in [5.41, 5.74) is 1.27. The highest BCUT2D eigenvalue weighted by Crippen LogP contribution is 2.23. The maximum absolute atomic E-state index is 14.0. The number of halogens is 1. The van der Waals surface area contributed by atoms with E-state index in [1.807, 2.05) is 6.07 Å². The molecule has 1 aromatic carbocycles. The van der Waals surface area contributed by atoms with E-state index in [2.05, 4.69) is 10.6 Å². The van der Waals surface area contributed by atoms with Gasteiger partial charge in [0.1, 0.15) is 5.82 Å². The predicted octanol–water partition coefficient (Wildman–Crippen LogP) is 0.744. The third-order valence-corrected chi connectivity index (χ3v) is 2.83. The predicted molar refractivity (Wildman–Crippen MR) is 77.3 cm³/mol. The van der Waals surface area contributed by atoms with Crippen LogP contribution in [0.1, 0.15) is 5.56 Å². The highest BCUT2D eigenvalue weighted by molar-refractivity contribution is 5.81. The van der Waals surface area contributed by atoms with Crippen LogP contribution in [0.15, 0.2) is 18.2 Å². The van der Waals surface area contributed by atoms with Crippen LogP contribution < -0.4 is 15.5 Å². The summed E-state index contributed by atoms with van der Waals surface area (Å²) in [4.78, 5) is 13.4. The van der Waals surface area contributed by atoms with Gasteiger partial charge in [0.05, 0.1) is 18.8 Å². The van der Waals surface area contributed by atoms with Gasteiger partial charge in [-0.15, -0.1) is 0 Å². The lowest BCUT2D eigenvalue weighted by molar-refractivity contribution is -0.119. The average molecular weight is 283 g/mol. The van der Waals surface area contributed by atoms with Gasteiger partial charge in [0.25, 0.3) is 0 Å². The Kier molecular flexibility index (Phi) is 6.97. The molecule has 0 unspecified atom stereocenters. The Balaban J connectivity index is 2.71. The van der Waals surface area contributed by atoms with E-state index in [1.165, 1.54) is 6.07 Å². The second-order valence-corrected chi connectivity index (χ2v) is 4.48. The average Bonchev–Trinajstić information content (AvgIpc) is 2.39. The zero-order valence-corrected chi connectivity index (χ0v) is 12.2. The molecule has 1 amide bonds. The Morgan fingerprint density at radius 2 is 2.20 bits per heavy atom. The van der Waals surface area contributed by atoms with Crippen LogP contribution in [0.4, 0.5) is 10.1 Å². The first-order chi connectivity index (χ1) is 9.60. The molecule has 0 spiro atoms. The second-order valence-electron chi connectivity index (χ2n) is 4.48. The van der Waals surface area contributed by atoms with Crippen LogP contribution in [0.25, 0.3) is 0 Å². The molecule has 0 fully saturated rings. The van der Waals surface area contributed by atoms with Gasteiger partial charge in [0, 0.05) is 27.2 Å². The van der Waals surface area contributed by atoms with E-state index in [-0.39, 0.29) is 18.3 Å². The minimum atomic E-state index is -0.329. The largest absolute Gasteiger partial charge is 0.383 e. The van der Waals surface area contributed by atoms with Gasteiger partial charge in [-0.05, 0) is 18.7 Å². The summed E-state index contributed by atoms with van der Waals surface area (Å²) in [6.45, 7) is 1.55. The molecule has 0 saturated carbocycles. The van der Waals surface area contributed by atoms with Crippen LogP contribution in [0, 0.1) is 5.82 Å². The van der Waals surface area contributed by atoms with Crippen molar-refractivity contribution >= 4 is 11.6 Å². The van der Waals surface area contributed by atoms with Crippen molar-refractivity contribution in [3.8, 4) is 0 Å². The number of carbonyl (C=O) groups is 1. The lowest BCUT2D eigenvalue weighted by atomic mass is 10.1. The molecule has 0 heterocycles. The number of methoxy groups -OCH3 is 1. The number of nitrogens with one attached hydrogen (secondary N) is 2. The van der Waals surface area contributed by atoms with Crippen molar-refractivity contribution in [2.45, 2.75) is 6.54 Å². The van der Waals surface area contributed by atoms with E-state index in [9.17, 15) is 9.18 Å². The first-order valence-corrected chi connectivity index (χ1v) is 6.49. The molecular weight excluding hydrogens is 261 g/mol. The van der Waals surface area contributed by atoms with Crippen molar-refractivity contribution in [2.24, 2.45) is 0 Å². The summed E-state index contributed by atoms with van der Waals surface area (Å²) in [7, 11) is 5.07. The molecule has 0 atom stereocenters. The van der Waals surface area contributed by atoms with Gasteiger partial charge in [0.2, 0.25) is 5.91 Å². The third-order valence-electron chi connectivity index (χ3n) is 2.83. The SMILES string of the molecule is CNCc1cccc(F)c1N(C)CC(=O)NCCOC. The van der Waals surface area contributed by atoms with Crippen LogP contribution in [-0.4, -0.2) is 46.8 Å². The van der Waals surface area contributed by atoms with Crippen molar-refractivity contribution in [3.05, 3.63) is 29.6 Å². The van der Waals surface area contributed by atoms with Gasteiger partial charge in [-0.1, -0.05) is 12.1 Å². The van der Waals surface area contributed by atoms with Gasteiger partial charge in [0.15, 0.2) is 0 Å². The van der Waals surface area contributed by atoms with E-state index >= 15 is 0 Å². The number of ether oxygens (including phenoxy) is 1. The van der Waals surface area contributed by atoms with E-state index in [0.717, 1.165) is 5.56 Å². The molecule has 112 valence electrons. The molecule has 2 N–H and O–H groups in total. The normalized spacial score (nSPS) is 10.4. The molecule has 20 heavy (non-hydrogen) atoms. The van der Waals surface area contributed by atoms with Gasteiger partial charge in [-0.2, -0.15) is 0 Å². The molecule has 6 heteroatoms. The van der Waals surface area contributed by atoms with Gasteiger partial charge in [-0.25, -0.2) is 4.39 Å². The minimum absolute atomic E-state index is 0.0986. The molecule has 0 bridgehead atoms. The number of hydrogen-bond donors (Lipinski definition) is 2. The number of hydrogen-bond acceptors (Lipinski definition) is 4. The first kappa shape index (κ1) is 16.4. The fourth-order valence-electron chi connectivity index (χ4n) is 1.96. The fourth-order valence-corrected chi connectivity index (χ4v) is 1.96. The lowest BCUT2D eigenvalue weighted by Gasteiger charge is -2.22. The van der Waals surface area contributed by atoms with E-state index < -0.39 is 0 Å². The molecule has 1 aromatic rings. The maximum Gasteiger partial charge on any atom is 0.239 e. The lowest BCUT2D eigenvalue weighted by Crippen LogP contribution is -2.37. The van der Waals surface area contributed by atoms with Crippen LogP contribution >= 0.6 is 0 Å². The van der Waals surface area contributed by atoms with Crippen LogP contribution in [0.3, 0.4) is 0 Å². The molecule has 1 rings (SSSR count). The van der Waals surface area contributed by atoms with Gasteiger partial charge in [-0.3, -0.25) is 4.79 Å². The van der Waals surface area contributed by atoms with Crippen LogP contribution in [0.2, 0.25) is 0 Å². The molecular formula is C14H22FN3O2. The Labute approximate surface area is 119 Å². The number of likely N-dealkylation sites (N-methyl/N-ethyl adjacent to an activating group) is 1. The van der Waals surface area contributed by atoms with E-state index in [0.29, 0.717) is 25.4 Å². The Morgan fingerprint density at radius 1 is 1.45 bits per heavy atom. The highest BCUT2D eigenvalue weighted by Gasteiger charge is 2.15. The topological polar surface area (TPSA) is 53.6 Å². The quantitative estimate of drug-likeness (QED) is 0.691. The zero-order valence-electron chi connectivity index (χ0n) is 12.2. The summed E-state index contributed by atoms with van der Waals surface area (Å²) < 4.78 is 18.8. The highest BCUT2D eigenvalue weighted by atomic mass is 19.1. The maximum atomic E-state index is 14.0. The smallest absolute Gasteiger partial charge is 0.239 e. The van der Waals surface area contributed by atoms with Gasteiger partial charge < -0.3 is 20.3 Å². The Hall–Kier alpha value is -1.66. The summed E-state index contributed by atoms with van der Waals surface area (Å²) in [5.74, 6) is -0.492. The van der Waals surface area contributed by atoms with Crippen molar-refractivity contribution < 1.29 is 13.9 Å². The van der Waals surface area contributed by atoms with Crippen LogP contribution in [0.5, 0.6) is 0 Å². The van der Waals surface area contributed by atoms with Crippen LogP contribution in [-0.2, 0) is 16.1 Å². The summed E-state index contributed by atoms with van der Waals surface area (Å²) in [6.07, 6.45) is 0. The molecule has 0 aliphatic carbocycles. The summed E-state index contributed by atoms with van der Waals surface area (Å²) >= 11 is 0. The molecule has 0 radical (unpaired) electrons. The zero-order chi connectivity index (χ0) is 15.0. The number of carbonyl (C=O) groups excluding carboxylic acids is 1. The number of benzene rings is 1. The van der Waals surface area contributed by atoms with E-state index in [1.54, 1.807) is 32.2 Å². The monoisotopic (exact) mass is 283 g/mol. The molecule has 0 aromatic heterocycles. The van der Waals surface area contributed by atoms with Gasteiger partial charge >= 0.3 is 0 Å². The Bertz CT molecular complexity index is 440. The number of para-hydroxylation sites is 1. The molecule has 0 aliphatic heterocycles. The summed E-state index contributed by atoms with van der Waals surface area (Å²) in [5, 5.41) is 5.70. The molecule has 5 nitrogen and oxygen atoms in total. The second kappa shape index (κ2) is 8.50. The number of amides is 1. The van der Waals surface area contributed by atoms with E-state index in [4.69, 9.17) is 4.74 Å². The number of nitrogens with zero attached hydrogens (tertiary/aromatic N) is 1. The standard InChI is InChI=1S/C14H22FN3O2/c1-16-9-11-5-4-6-12(15)14(11)18(2)10-13(19)17-7-8-20-3/h4-6,16H,7-10H2,1-3H3,(H,17,19). The molecule has 0 saturated heterocycles. The first-order valence-electron chi connectivity index (χ1n) is 6.49. The van der Waals surface area contributed by atoms with Crippen molar-refractivity contribution in [3.63, 3.8) is 0 Å². The number of anilines is 1. The fraction of sp³-hybridized carbons (Fsp3) is 0.500.